The van der Waals surface area contributed by atoms with E-state index in [0.29, 0.717) is 0 Å². The summed E-state index contributed by atoms with van der Waals surface area (Å²) in [4.78, 5) is 3.06. The standard InChI is InChI=1S/C10H11FN2/c11-6-9(12)8-2-1-7-3-4-13-10(7)5-8/h1-5,9,13H,6,12H2. The molecule has 1 atom stereocenters. The Bertz CT molecular complexity index is 408. The van der Waals surface area contributed by atoms with Gasteiger partial charge in [-0.1, -0.05) is 12.1 Å². The van der Waals surface area contributed by atoms with Gasteiger partial charge in [0, 0.05) is 11.7 Å². The number of alkyl halides is 1. The van der Waals surface area contributed by atoms with Crippen molar-refractivity contribution in [2.24, 2.45) is 5.73 Å². The normalized spacial score (nSPS) is 13.4. The number of hydrogen-bond donors (Lipinski definition) is 2. The van der Waals surface area contributed by atoms with Crippen LogP contribution in [-0.2, 0) is 0 Å². The number of nitrogens with one attached hydrogen (secondary N) is 1. The van der Waals surface area contributed by atoms with Gasteiger partial charge in [0.05, 0.1) is 6.04 Å². The topological polar surface area (TPSA) is 41.8 Å². The van der Waals surface area contributed by atoms with Crippen LogP contribution in [0.1, 0.15) is 11.6 Å². The quantitative estimate of drug-likeness (QED) is 0.726. The van der Waals surface area contributed by atoms with Crippen molar-refractivity contribution >= 4 is 10.9 Å². The molecule has 68 valence electrons. The molecule has 0 aliphatic heterocycles. The molecule has 0 aliphatic rings. The smallest absolute Gasteiger partial charge is 0.109 e. The zero-order valence-corrected chi connectivity index (χ0v) is 7.13. The van der Waals surface area contributed by atoms with Gasteiger partial charge in [-0.2, -0.15) is 0 Å². The van der Waals surface area contributed by atoms with Crippen molar-refractivity contribution in [3.05, 3.63) is 36.0 Å². The first-order valence-electron chi connectivity index (χ1n) is 4.20. The minimum Gasteiger partial charge on any atom is -0.361 e. The molecule has 0 spiro atoms. The second-order valence-electron chi connectivity index (χ2n) is 3.09. The summed E-state index contributed by atoms with van der Waals surface area (Å²) >= 11 is 0. The lowest BCUT2D eigenvalue weighted by atomic mass is 10.1. The number of benzene rings is 1. The Morgan fingerprint density at radius 2 is 2.23 bits per heavy atom. The fourth-order valence-corrected chi connectivity index (χ4v) is 1.39. The highest BCUT2D eigenvalue weighted by atomic mass is 19.1. The molecular formula is C10H11FN2. The van der Waals surface area contributed by atoms with E-state index in [1.807, 2.05) is 30.5 Å². The Labute approximate surface area is 75.6 Å². The van der Waals surface area contributed by atoms with Crippen molar-refractivity contribution in [1.82, 2.24) is 4.98 Å². The minimum atomic E-state index is -0.522. The fraction of sp³-hybridized carbons (Fsp3) is 0.200. The third-order valence-electron chi connectivity index (χ3n) is 2.17. The number of aromatic amines is 1. The molecule has 2 aromatic rings. The number of rotatable bonds is 2. The third-order valence-corrected chi connectivity index (χ3v) is 2.17. The second kappa shape index (κ2) is 3.18. The number of halogens is 1. The van der Waals surface area contributed by atoms with Crippen LogP contribution in [-0.4, -0.2) is 11.7 Å². The summed E-state index contributed by atoms with van der Waals surface area (Å²) in [6.45, 7) is -0.522. The van der Waals surface area contributed by atoms with E-state index >= 15 is 0 Å². The van der Waals surface area contributed by atoms with Gasteiger partial charge >= 0.3 is 0 Å². The van der Waals surface area contributed by atoms with E-state index in [1.54, 1.807) is 0 Å². The Kier molecular flexibility index (Phi) is 2.02. The summed E-state index contributed by atoms with van der Waals surface area (Å²) in [6, 6.07) is 7.16. The molecule has 3 heteroatoms. The van der Waals surface area contributed by atoms with E-state index in [1.165, 1.54) is 0 Å². The Morgan fingerprint density at radius 3 is 3.00 bits per heavy atom. The first-order valence-corrected chi connectivity index (χ1v) is 4.20. The first kappa shape index (κ1) is 8.26. The second-order valence-corrected chi connectivity index (χ2v) is 3.09. The van der Waals surface area contributed by atoms with Gasteiger partial charge in [0.1, 0.15) is 6.67 Å². The molecule has 2 nitrogen and oxygen atoms in total. The van der Waals surface area contributed by atoms with Crippen LogP contribution in [0.5, 0.6) is 0 Å². The summed E-state index contributed by atoms with van der Waals surface area (Å²) in [5, 5.41) is 1.12. The molecule has 0 fully saturated rings. The van der Waals surface area contributed by atoms with Gasteiger partial charge in [-0.3, -0.25) is 0 Å². The summed E-state index contributed by atoms with van der Waals surface area (Å²) in [5.41, 5.74) is 7.40. The van der Waals surface area contributed by atoms with E-state index in [2.05, 4.69) is 4.98 Å². The van der Waals surface area contributed by atoms with Crippen LogP contribution in [0, 0.1) is 0 Å². The molecule has 1 heterocycles. The van der Waals surface area contributed by atoms with Crippen LogP contribution >= 0.6 is 0 Å². The summed E-state index contributed by atoms with van der Waals surface area (Å²) < 4.78 is 12.3. The Morgan fingerprint density at radius 1 is 1.38 bits per heavy atom. The third kappa shape index (κ3) is 1.42. The maximum atomic E-state index is 12.3. The lowest BCUT2D eigenvalue weighted by Crippen LogP contribution is -2.11. The molecule has 0 radical (unpaired) electrons. The summed E-state index contributed by atoms with van der Waals surface area (Å²) in [6.07, 6.45) is 1.86. The lowest BCUT2D eigenvalue weighted by molar-refractivity contribution is 0.437. The highest BCUT2D eigenvalue weighted by molar-refractivity contribution is 5.79. The van der Waals surface area contributed by atoms with Gasteiger partial charge in [-0.15, -0.1) is 0 Å². The van der Waals surface area contributed by atoms with E-state index < -0.39 is 12.7 Å². The molecule has 1 aromatic heterocycles. The van der Waals surface area contributed by atoms with E-state index in [-0.39, 0.29) is 0 Å². The highest BCUT2D eigenvalue weighted by Crippen LogP contribution is 2.18. The van der Waals surface area contributed by atoms with Gasteiger partial charge in [0.15, 0.2) is 0 Å². The molecular weight excluding hydrogens is 167 g/mol. The van der Waals surface area contributed by atoms with Gasteiger partial charge in [0.2, 0.25) is 0 Å². The van der Waals surface area contributed by atoms with Crippen LogP contribution in [0.15, 0.2) is 30.5 Å². The van der Waals surface area contributed by atoms with Gasteiger partial charge in [-0.05, 0) is 23.1 Å². The van der Waals surface area contributed by atoms with Crippen LogP contribution in [0.2, 0.25) is 0 Å². The number of aromatic nitrogens is 1. The average Bonchev–Trinajstić information content (AvgIpc) is 2.63. The molecule has 13 heavy (non-hydrogen) atoms. The van der Waals surface area contributed by atoms with Crippen molar-refractivity contribution in [3.63, 3.8) is 0 Å². The number of nitrogens with two attached hydrogens (primary N) is 1. The first-order chi connectivity index (χ1) is 6.31. The van der Waals surface area contributed by atoms with Crippen LogP contribution in [0.25, 0.3) is 10.9 Å². The van der Waals surface area contributed by atoms with E-state index in [4.69, 9.17) is 5.73 Å². The summed E-state index contributed by atoms with van der Waals surface area (Å²) in [7, 11) is 0. The molecule has 0 amide bonds. The van der Waals surface area contributed by atoms with Crippen molar-refractivity contribution in [2.75, 3.05) is 6.67 Å². The molecule has 0 aliphatic carbocycles. The highest BCUT2D eigenvalue weighted by Gasteiger charge is 2.05. The molecule has 2 rings (SSSR count). The van der Waals surface area contributed by atoms with Gasteiger partial charge < -0.3 is 10.7 Å². The largest absolute Gasteiger partial charge is 0.361 e. The number of hydrogen-bond acceptors (Lipinski definition) is 1. The van der Waals surface area contributed by atoms with Crippen molar-refractivity contribution in [3.8, 4) is 0 Å². The fourth-order valence-electron chi connectivity index (χ4n) is 1.39. The molecule has 3 N–H and O–H groups in total. The number of fused-ring (bicyclic) bond motifs is 1. The number of H-pyrrole nitrogens is 1. The van der Waals surface area contributed by atoms with Gasteiger partial charge in [-0.25, -0.2) is 4.39 Å². The lowest BCUT2D eigenvalue weighted by Gasteiger charge is -2.06. The average molecular weight is 178 g/mol. The van der Waals surface area contributed by atoms with Crippen molar-refractivity contribution < 1.29 is 4.39 Å². The van der Waals surface area contributed by atoms with Gasteiger partial charge in [0.25, 0.3) is 0 Å². The van der Waals surface area contributed by atoms with Crippen molar-refractivity contribution in [2.45, 2.75) is 6.04 Å². The van der Waals surface area contributed by atoms with Crippen molar-refractivity contribution in [1.29, 1.82) is 0 Å². The Hall–Kier alpha value is -1.35. The minimum absolute atomic E-state index is 0.507. The van der Waals surface area contributed by atoms with E-state index in [0.717, 1.165) is 16.5 Å². The zero-order chi connectivity index (χ0) is 9.26. The maximum Gasteiger partial charge on any atom is 0.109 e. The molecule has 1 aromatic carbocycles. The van der Waals surface area contributed by atoms with Crippen LogP contribution in [0.4, 0.5) is 4.39 Å². The monoisotopic (exact) mass is 178 g/mol. The predicted octanol–water partition coefficient (Wildman–Crippen LogP) is 2.14. The maximum absolute atomic E-state index is 12.3. The molecule has 0 bridgehead atoms. The SMILES string of the molecule is NC(CF)c1ccc2cc[nH]c2c1. The summed E-state index contributed by atoms with van der Waals surface area (Å²) in [5.74, 6) is 0. The Balaban J connectivity index is 2.48. The molecule has 1 unspecified atom stereocenters. The zero-order valence-electron chi connectivity index (χ0n) is 7.13. The van der Waals surface area contributed by atoms with E-state index in [9.17, 15) is 4.39 Å². The van der Waals surface area contributed by atoms with Crippen LogP contribution < -0.4 is 5.73 Å². The molecule has 0 saturated carbocycles. The predicted molar refractivity (Wildman–Crippen MR) is 51.2 cm³/mol. The molecule has 0 saturated heterocycles. The van der Waals surface area contributed by atoms with Crippen LogP contribution in [0.3, 0.4) is 0 Å².